The maximum Gasteiger partial charge on any atom is 0.253 e. The van der Waals surface area contributed by atoms with Gasteiger partial charge in [0.2, 0.25) is 5.91 Å². The summed E-state index contributed by atoms with van der Waals surface area (Å²) < 4.78 is 0.959. The van der Waals surface area contributed by atoms with Gasteiger partial charge < -0.3 is 9.80 Å². The summed E-state index contributed by atoms with van der Waals surface area (Å²) in [5.41, 5.74) is 1.64. The Kier molecular flexibility index (Phi) is 5.99. The van der Waals surface area contributed by atoms with Gasteiger partial charge in [-0.3, -0.25) is 14.6 Å². The van der Waals surface area contributed by atoms with Gasteiger partial charge in [-0.15, -0.1) is 0 Å². The number of pyridine rings is 1. The number of aromatic nitrogens is 1. The summed E-state index contributed by atoms with van der Waals surface area (Å²) in [7, 11) is 0. The number of hydrogen-bond acceptors (Lipinski definition) is 3. The minimum Gasteiger partial charge on any atom is -0.339 e. The molecule has 1 aliphatic heterocycles. The van der Waals surface area contributed by atoms with E-state index in [4.69, 9.17) is 0 Å². The zero-order chi connectivity index (χ0) is 20.4. The number of hydrogen-bond donors (Lipinski definition) is 0. The van der Waals surface area contributed by atoms with Crippen LogP contribution in [0.5, 0.6) is 0 Å². The normalized spacial score (nSPS) is 18.3. The van der Waals surface area contributed by atoms with Gasteiger partial charge in [-0.05, 0) is 69.0 Å². The highest BCUT2D eigenvalue weighted by Crippen LogP contribution is 2.36. The molecular formula is C23H26BrN3O2. The van der Waals surface area contributed by atoms with Crippen LogP contribution in [0.25, 0.3) is 0 Å². The number of halogens is 1. The monoisotopic (exact) mass is 455 g/mol. The van der Waals surface area contributed by atoms with Crippen molar-refractivity contribution < 1.29 is 9.59 Å². The number of carbonyl (C=O) groups is 2. The van der Waals surface area contributed by atoms with Crippen LogP contribution >= 0.6 is 15.9 Å². The van der Waals surface area contributed by atoms with Crippen molar-refractivity contribution in [1.82, 2.24) is 14.8 Å². The Morgan fingerprint density at radius 3 is 2.34 bits per heavy atom. The van der Waals surface area contributed by atoms with E-state index in [0.29, 0.717) is 24.7 Å². The SMILES string of the molecule is CC(c1ccccn1)N(C(=O)C1CCN(C(=O)c2ccc(Br)cc2)CC1)C1CC1. The third kappa shape index (κ3) is 4.53. The minimum atomic E-state index is -0.0178. The summed E-state index contributed by atoms with van der Waals surface area (Å²) in [6.07, 6.45) is 5.37. The van der Waals surface area contributed by atoms with Gasteiger partial charge in [-0.25, -0.2) is 0 Å². The summed E-state index contributed by atoms with van der Waals surface area (Å²) >= 11 is 3.40. The number of nitrogens with zero attached hydrogens (tertiary/aromatic N) is 3. The predicted octanol–water partition coefficient (Wildman–Crippen LogP) is 4.45. The highest BCUT2D eigenvalue weighted by Gasteiger charge is 2.40. The van der Waals surface area contributed by atoms with Crippen LogP contribution in [0.2, 0.25) is 0 Å². The number of carbonyl (C=O) groups excluding carboxylic acids is 2. The first kappa shape index (κ1) is 20.1. The summed E-state index contributed by atoms with van der Waals surface area (Å²) in [6.45, 7) is 3.33. The lowest BCUT2D eigenvalue weighted by atomic mass is 9.93. The topological polar surface area (TPSA) is 53.5 Å². The lowest BCUT2D eigenvalue weighted by Crippen LogP contribution is -2.46. The van der Waals surface area contributed by atoms with Crippen LogP contribution in [0.4, 0.5) is 0 Å². The third-order valence-electron chi connectivity index (χ3n) is 5.95. The fourth-order valence-electron chi connectivity index (χ4n) is 4.12. The van der Waals surface area contributed by atoms with Gasteiger partial charge in [0.25, 0.3) is 5.91 Å². The van der Waals surface area contributed by atoms with Gasteiger partial charge in [0.15, 0.2) is 0 Å². The van der Waals surface area contributed by atoms with Gasteiger partial charge in [0.05, 0.1) is 11.7 Å². The fraction of sp³-hybridized carbons (Fsp3) is 0.435. The molecule has 0 N–H and O–H groups in total. The zero-order valence-corrected chi connectivity index (χ0v) is 18.2. The second-order valence-electron chi connectivity index (χ2n) is 7.98. The molecule has 2 aromatic rings. The molecule has 152 valence electrons. The first-order valence-electron chi connectivity index (χ1n) is 10.3. The van der Waals surface area contributed by atoms with Crippen molar-refractivity contribution in [2.75, 3.05) is 13.1 Å². The summed E-state index contributed by atoms with van der Waals surface area (Å²) in [6, 6.07) is 13.6. The van der Waals surface area contributed by atoms with Crippen molar-refractivity contribution in [2.24, 2.45) is 5.92 Å². The number of amides is 2. The van der Waals surface area contributed by atoms with Gasteiger partial charge in [-0.2, -0.15) is 0 Å². The van der Waals surface area contributed by atoms with Crippen LogP contribution in [0.15, 0.2) is 53.1 Å². The molecule has 2 amide bonds. The molecule has 0 bridgehead atoms. The van der Waals surface area contributed by atoms with E-state index in [1.54, 1.807) is 6.20 Å². The molecule has 0 spiro atoms. The Balaban J connectivity index is 1.40. The molecule has 1 aromatic heterocycles. The molecule has 2 fully saturated rings. The van der Waals surface area contributed by atoms with Gasteiger partial charge in [0.1, 0.15) is 0 Å². The second-order valence-corrected chi connectivity index (χ2v) is 8.90. The second kappa shape index (κ2) is 8.66. The van der Waals surface area contributed by atoms with Gasteiger partial charge >= 0.3 is 0 Å². The van der Waals surface area contributed by atoms with Crippen molar-refractivity contribution in [3.63, 3.8) is 0 Å². The standard InChI is InChI=1S/C23H26BrN3O2/c1-16(21-4-2-3-13-25-21)27(20-9-10-20)23(29)18-11-14-26(15-12-18)22(28)17-5-7-19(24)8-6-17/h2-8,13,16,18,20H,9-12,14-15H2,1H3. The van der Waals surface area contributed by atoms with Crippen LogP contribution in [0, 0.1) is 5.92 Å². The zero-order valence-electron chi connectivity index (χ0n) is 16.6. The Labute approximate surface area is 180 Å². The number of piperidine rings is 1. The van der Waals surface area contributed by atoms with Gasteiger partial charge in [0, 0.05) is 41.3 Å². The average Bonchev–Trinajstić information content (AvgIpc) is 3.59. The molecule has 1 atom stereocenters. The summed E-state index contributed by atoms with van der Waals surface area (Å²) in [5.74, 6) is 0.251. The molecule has 6 heteroatoms. The summed E-state index contributed by atoms with van der Waals surface area (Å²) in [4.78, 5) is 34.5. The fourth-order valence-corrected chi connectivity index (χ4v) is 4.39. The maximum absolute atomic E-state index is 13.4. The Hall–Kier alpha value is -2.21. The van der Waals surface area contributed by atoms with E-state index >= 15 is 0 Å². The Bertz CT molecular complexity index is 859. The molecule has 2 aliphatic rings. The first-order chi connectivity index (χ1) is 14.0. The number of benzene rings is 1. The van der Waals surface area contributed by atoms with Crippen molar-refractivity contribution in [3.05, 3.63) is 64.4 Å². The van der Waals surface area contributed by atoms with E-state index in [-0.39, 0.29) is 23.8 Å². The van der Waals surface area contributed by atoms with Crippen LogP contribution in [0.1, 0.15) is 54.7 Å². The van der Waals surface area contributed by atoms with Crippen LogP contribution in [-0.4, -0.2) is 45.7 Å². The van der Waals surface area contributed by atoms with Gasteiger partial charge in [-0.1, -0.05) is 22.0 Å². The minimum absolute atomic E-state index is 0.0152. The van der Waals surface area contributed by atoms with Crippen molar-refractivity contribution in [2.45, 2.75) is 44.7 Å². The van der Waals surface area contributed by atoms with Crippen LogP contribution in [0.3, 0.4) is 0 Å². The molecule has 1 saturated heterocycles. The lowest BCUT2D eigenvalue weighted by molar-refractivity contribution is -0.140. The maximum atomic E-state index is 13.4. The number of likely N-dealkylation sites (tertiary alicyclic amines) is 1. The molecule has 5 nitrogen and oxygen atoms in total. The molecule has 2 heterocycles. The predicted molar refractivity (Wildman–Crippen MR) is 115 cm³/mol. The van der Waals surface area contributed by atoms with E-state index in [1.807, 2.05) is 47.4 Å². The van der Waals surface area contributed by atoms with Crippen LogP contribution < -0.4 is 0 Å². The molecule has 1 aliphatic carbocycles. The molecule has 4 rings (SSSR count). The Morgan fingerprint density at radius 1 is 1.07 bits per heavy atom. The quantitative estimate of drug-likeness (QED) is 0.668. The summed E-state index contributed by atoms with van der Waals surface area (Å²) in [5, 5.41) is 0. The highest BCUT2D eigenvalue weighted by atomic mass is 79.9. The Morgan fingerprint density at radius 2 is 1.76 bits per heavy atom. The number of rotatable bonds is 5. The van der Waals surface area contributed by atoms with E-state index in [0.717, 1.165) is 35.8 Å². The van der Waals surface area contributed by atoms with E-state index in [2.05, 4.69) is 32.7 Å². The highest BCUT2D eigenvalue weighted by molar-refractivity contribution is 9.10. The van der Waals surface area contributed by atoms with E-state index in [1.165, 1.54) is 0 Å². The van der Waals surface area contributed by atoms with E-state index in [9.17, 15) is 9.59 Å². The molecular weight excluding hydrogens is 430 g/mol. The molecule has 1 saturated carbocycles. The molecule has 1 aromatic carbocycles. The van der Waals surface area contributed by atoms with Crippen molar-refractivity contribution >= 4 is 27.7 Å². The van der Waals surface area contributed by atoms with E-state index < -0.39 is 0 Å². The third-order valence-corrected chi connectivity index (χ3v) is 6.48. The van der Waals surface area contributed by atoms with Crippen LogP contribution in [-0.2, 0) is 4.79 Å². The largest absolute Gasteiger partial charge is 0.339 e. The molecule has 1 unspecified atom stereocenters. The molecule has 29 heavy (non-hydrogen) atoms. The smallest absolute Gasteiger partial charge is 0.253 e. The van der Waals surface area contributed by atoms with Crippen molar-refractivity contribution in [1.29, 1.82) is 0 Å². The van der Waals surface area contributed by atoms with Crippen molar-refractivity contribution in [3.8, 4) is 0 Å². The first-order valence-corrected chi connectivity index (χ1v) is 11.1. The lowest BCUT2D eigenvalue weighted by Gasteiger charge is -2.36. The molecule has 0 radical (unpaired) electrons. The average molecular weight is 456 g/mol.